The van der Waals surface area contributed by atoms with Crippen LogP contribution in [0.25, 0.3) is 0 Å². The Bertz CT molecular complexity index is 376. The highest BCUT2D eigenvalue weighted by molar-refractivity contribution is 6.00. The Morgan fingerprint density at radius 2 is 2.08 bits per heavy atom. The van der Waals surface area contributed by atoms with E-state index in [4.69, 9.17) is 0 Å². The van der Waals surface area contributed by atoms with E-state index in [0.29, 0.717) is 5.78 Å². The summed E-state index contributed by atoms with van der Waals surface area (Å²) in [5, 5.41) is 0. The number of hydrogen-bond donors (Lipinski definition) is 0. The van der Waals surface area contributed by atoms with Gasteiger partial charge in [-0.2, -0.15) is 0 Å². The Hall–Kier alpha value is -1.05. The largest absolute Gasteiger partial charge is 0.348 e. The van der Waals surface area contributed by atoms with Gasteiger partial charge in [0.05, 0.1) is 0 Å². The molecular formula is C11H13NO. The van der Waals surface area contributed by atoms with Crippen LogP contribution in [-0.2, 0) is 19.4 Å². The third-order valence-electron chi connectivity index (χ3n) is 3.25. The molecule has 2 nitrogen and oxygen atoms in total. The molecule has 1 aliphatic heterocycles. The van der Waals surface area contributed by atoms with Crippen LogP contribution in [0.2, 0.25) is 0 Å². The number of carbonyl (C=O) groups is 1. The minimum atomic E-state index is 0.358. The fraction of sp³-hybridized carbons (Fsp3) is 0.545. The van der Waals surface area contributed by atoms with E-state index in [-0.39, 0.29) is 0 Å². The standard InChI is InChI=1S/C11H13NO/c13-11-5-4-10-9(11)7-8-3-1-2-6-12(8)10/h7H,1-6H2. The van der Waals surface area contributed by atoms with Gasteiger partial charge < -0.3 is 4.57 Å². The van der Waals surface area contributed by atoms with Crippen molar-refractivity contribution in [2.75, 3.05) is 0 Å². The number of carbonyl (C=O) groups excluding carboxylic acids is 1. The summed E-state index contributed by atoms with van der Waals surface area (Å²) < 4.78 is 2.38. The van der Waals surface area contributed by atoms with E-state index in [1.807, 2.05) is 0 Å². The maximum atomic E-state index is 11.5. The van der Waals surface area contributed by atoms with Crippen LogP contribution >= 0.6 is 0 Å². The van der Waals surface area contributed by atoms with Gasteiger partial charge in [0.2, 0.25) is 0 Å². The van der Waals surface area contributed by atoms with Gasteiger partial charge in [-0.25, -0.2) is 0 Å². The summed E-state index contributed by atoms with van der Waals surface area (Å²) in [4.78, 5) is 11.5. The van der Waals surface area contributed by atoms with E-state index in [9.17, 15) is 4.79 Å². The molecule has 0 fully saturated rings. The van der Waals surface area contributed by atoms with Crippen LogP contribution in [-0.4, -0.2) is 10.4 Å². The van der Waals surface area contributed by atoms with Crippen LogP contribution in [0.4, 0.5) is 0 Å². The van der Waals surface area contributed by atoms with Gasteiger partial charge >= 0.3 is 0 Å². The van der Waals surface area contributed by atoms with E-state index >= 15 is 0 Å². The zero-order chi connectivity index (χ0) is 8.84. The molecule has 68 valence electrons. The fourth-order valence-electron chi connectivity index (χ4n) is 2.59. The molecular weight excluding hydrogens is 162 g/mol. The first-order valence-electron chi connectivity index (χ1n) is 5.11. The number of Topliss-reactive ketones (excluding diaryl/α,β-unsaturated/α-hetero) is 1. The maximum Gasteiger partial charge on any atom is 0.165 e. The molecule has 0 saturated carbocycles. The van der Waals surface area contributed by atoms with E-state index in [1.165, 1.54) is 30.7 Å². The Morgan fingerprint density at radius 1 is 1.15 bits per heavy atom. The van der Waals surface area contributed by atoms with Gasteiger partial charge in [-0.1, -0.05) is 0 Å². The summed E-state index contributed by atoms with van der Waals surface area (Å²) in [5.74, 6) is 0.358. The fourth-order valence-corrected chi connectivity index (χ4v) is 2.59. The van der Waals surface area contributed by atoms with Crippen LogP contribution in [0.1, 0.15) is 41.0 Å². The lowest BCUT2D eigenvalue weighted by atomic mass is 10.1. The lowest BCUT2D eigenvalue weighted by Crippen LogP contribution is -2.11. The number of hydrogen-bond acceptors (Lipinski definition) is 1. The zero-order valence-electron chi connectivity index (χ0n) is 7.68. The lowest BCUT2D eigenvalue weighted by molar-refractivity contribution is 0.0994. The summed E-state index contributed by atoms with van der Waals surface area (Å²) in [7, 11) is 0. The second-order valence-corrected chi connectivity index (χ2v) is 4.03. The number of aryl methyl sites for hydroxylation is 1. The normalized spacial score (nSPS) is 20.2. The third-order valence-corrected chi connectivity index (χ3v) is 3.25. The Balaban J connectivity index is 2.18. The molecule has 0 unspecified atom stereocenters. The van der Waals surface area contributed by atoms with E-state index in [0.717, 1.165) is 24.9 Å². The summed E-state index contributed by atoms with van der Waals surface area (Å²) in [6, 6.07) is 2.13. The third kappa shape index (κ3) is 0.916. The predicted octanol–water partition coefficient (Wildman–Crippen LogP) is 1.95. The Labute approximate surface area is 77.6 Å². The molecule has 1 aliphatic carbocycles. The van der Waals surface area contributed by atoms with Gasteiger partial charge in [0.1, 0.15) is 0 Å². The van der Waals surface area contributed by atoms with Crippen molar-refractivity contribution in [2.24, 2.45) is 0 Å². The average Bonchev–Trinajstić information content (AvgIpc) is 2.67. The molecule has 13 heavy (non-hydrogen) atoms. The van der Waals surface area contributed by atoms with Crippen molar-refractivity contribution in [1.29, 1.82) is 0 Å². The van der Waals surface area contributed by atoms with Crippen LogP contribution in [0, 0.1) is 0 Å². The molecule has 3 rings (SSSR count). The summed E-state index contributed by atoms with van der Waals surface area (Å²) in [5.41, 5.74) is 3.74. The number of rotatable bonds is 0. The van der Waals surface area contributed by atoms with Crippen LogP contribution < -0.4 is 0 Å². The van der Waals surface area contributed by atoms with E-state index in [1.54, 1.807) is 0 Å². The first kappa shape index (κ1) is 7.36. The van der Waals surface area contributed by atoms with Crippen molar-refractivity contribution in [1.82, 2.24) is 4.57 Å². The van der Waals surface area contributed by atoms with Gasteiger partial charge in [-0.05, 0) is 31.7 Å². The maximum absolute atomic E-state index is 11.5. The molecule has 1 aromatic heterocycles. The van der Waals surface area contributed by atoms with Gasteiger partial charge in [0.25, 0.3) is 0 Å². The minimum Gasteiger partial charge on any atom is -0.348 e. The van der Waals surface area contributed by atoms with Crippen LogP contribution in [0.15, 0.2) is 6.07 Å². The average molecular weight is 175 g/mol. The first-order valence-corrected chi connectivity index (χ1v) is 5.11. The molecule has 0 bridgehead atoms. The quantitative estimate of drug-likeness (QED) is 0.590. The molecule has 0 amide bonds. The molecule has 0 saturated heterocycles. The number of nitrogens with zero attached hydrogens (tertiary/aromatic N) is 1. The lowest BCUT2D eigenvalue weighted by Gasteiger charge is -2.16. The molecule has 1 aromatic rings. The first-order chi connectivity index (χ1) is 6.36. The van der Waals surface area contributed by atoms with Crippen molar-refractivity contribution >= 4 is 5.78 Å². The molecule has 0 atom stereocenters. The topological polar surface area (TPSA) is 22.0 Å². The van der Waals surface area contributed by atoms with Crippen LogP contribution in [0.3, 0.4) is 0 Å². The number of ketones is 1. The summed E-state index contributed by atoms with van der Waals surface area (Å²) >= 11 is 0. The highest BCUT2D eigenvalue weighted by atomic mass is 16.1. The van der Waals surface area contributed by atoms with E-state index in [2.05, 4.69) is 10.6 Å². The van der Waals surface area contributed by atoms with Gasteiger partial charge in [-0.3, -0.25) is 4.79 Å². The molecule has 2 heteroatoms. The SMILES string of the molecule is O=C1CCc2c1cc1n2CCCC1. The highest BCUT2D eigenvalue weighted by Crippen LogP contribution is 2.29. The van der Waals surface area contributed by atoms with Crippen molar-refractivity contribution in [3.05, 3.63) is 23.0 Å². The molecule has 2 aliphatic rings. The van der Waals surface area contributed by atoms with Gasteiger partial charge in [-0.15, -0.1) is 0 Å². The molecule has 0 N–H and O–H groups in total. The predicted molar refractivity (Wildman–Crippen MR) is 50.0 cm³/mol. The summed E-state index contributed by atoms with van der Waals surface area (Å²) in [6.07, 6.45) is 5.46. The van der Waals surface area contributed by atoms with Crippen molar-refractivity contribution in [2.45, 2.75) is 38.6 Å². The smallest absolute Gasteiger partial charge is 0.165 e. The monoisotopic (exact) mass is 175 g/mol. The molecule has 2 heterocycles. The van der Waals surface area contributed by atoms with Crippen molar-refractivity contribution in [3.63, 3.8) is 0 Å². The van der Waals surface area contributed by atoms with Crippen molar-refractivity contribution < 1.29 is 4.79 Å². The van der Waals surface area contributed by atoms with Crippen LogP contribution in [0.5, 0.6) is 0 Å². The second-order valence-electron chi connectivity index (χ2n) is 4.03. The summed E-state index contributed by atoms with van der Waals surface area (Å²) in [6.45, 7) is 1.14. The van der Waals surface area contributed by atoms with E-state index < -0.39 is 0 Å². The molecule has 0 radical (unpaired) electrons. The van der Waals surface area contributed by atoms with Gasteiger partial charge in [0, 0.05) is 29.9 Å². The number of aromatic nitrogens is 1. The van der Waals surface area contributed by atoms with Gasteiger partial charge in [0.15, 0.2) is 5.78 Å². The Kier molecular flexibility index (Phi) is 1.40. The zero-order valence-corrected chi connectivity index (χ0v) is 7.68. The highest BCUT2D eigenvalue weighted by Gasteiger charge is 2.26. The molecule has 0 spiro atoms. The number of fused-ring (bicyclic) bond motifs is 3. The minimum absolute atomic E-state index is 0.358. The molecule has 0 aromatic carbocycles. The second kappa shape index (κ2) is 2.47. The Morgan fingerprint density at radius 3 is 3.00 bits per heavy atom. The van der Waals surface area contributed by atoms with Crippen molar-refractivity contribution in [3.8, 4) is 0 Å².